The van der Waals surface area contributed by atoms with Gasteiger partial charge in [0.05, 0.1) is 5.69 Å². The summed E-state index contributed by atoms with van der Waals surface area (Å²) in [7, 11) is 1.75. The van der Waals surface area contributed by atoms with Crippen molar-refractivity contribution in [3.63, 3.8) is 0 Å². The maximum Gasteiger partial charge on any atom is 0.217 e. The fourth-order valence-corrected chi connectivity index (χ4v) is 1.45. The molecular weight excluding hydrogens is 209 g/mol. The number of hydrogen-bond donors (Lipinski definition) is 1. The molecule has 0 aliphatic heterocycles. The molecule has 0 fully saturated rings. The average Bonchev–Trinajstić information content (AvgIpc) is 2.43. The first-order valence-corrected chi connectivity index (χ1v) is 4.79. The topological polar surface area (TPSA) is 53.1 Å². The normalized spacial score (nSPS) is 10.4. The van der Waals surface area contributed by atoms with E-state index in [4.69, 9.17) is 10.5 Å². The van der Waals surface area contributed by atoms with E-state index in [1.165, 1.54) is 12.1 Å². The SMILES string of the molecule is Cc1cc(Oc2cc(N)cc(F)c2)n(C)n1. The number of nitrogens with two attached hydrogens (primary N) is 1. The summed E-state index contributed by atoms with van der Waals surface area (Å²) in [5.74, 6) is 0.483. The highest BCUT2D eigenvalue weighted by molar-refractivity contribution is 5.45. The van der Waals surface area contributed by atoms with Crippen molar-refractivity contribution in [2.75, 3.05) is 5.73 Å². The molecule has 4 nitrogen and oxygen atoms in total. The summed E-state index contributed by atoms with van der Waals surface area (Å²) < 4.78 is 20.1. The van der Waals surface area contributed by atoms with Crippen molar-refractivity contribution >= 4 is 5.69 Å². The number of halogens is 1. The lowest BCUT2D eigenvalue weighted by molar-refractivity contribution is 0.427. The van der Waals surface area contributed by atoms with Crippen molar-refractivity contribution in [3.8, 4) is 11.6 Å². The molecule has 1 aromatic heterocycles. The number of nitrogens with zero attached hydrogens (tertiary/aromatic N) is 2. The Kier molecular flexibility index (Phi) is 2.52. The van der Waals surface area contributed by atoms with Crippen molar-refractivity contribution in [1.82, 2.24) is 9.78 Å². The highest BCUT2D eigenvalue weighted by Gasteiger charge is 2.06. The molecule has 0 unspecified atom stereocenters. The third-order valence-corrected chi connectivity index (χ3v) is 2.08. The summed E-state index contributed by atoms with van der Waals surface area (Å²) in [5, 5.41) is 4.12. The average molecular weight is 221 g/mol. The zero-order valence-electron chi connectivity index (χ0n) is 9.07. The van der Waals surface area contributed by atoms with Gasteiger partial charge in [-0.25, -0.2) is 9.07 Å². The maximum atomic E-state index is 13.1. The molecule has 0 aliphatic rings. The van der Waals surface area contributed by atoms with Crippen molar-refractivity contribution in [2.24, 2.45) is 7.05 Å². The summed E-state index contributed by atoms with van der Waals surface area (Å²) in [4.78, 5) is 0. The fourth-order valence-electron chi connectivity index (χ4n) is 1.45. The van der Waals surface area contributed by atoms with Crippen LogP contribution in [0.25, 0.3) is 0 Å². The van der Waals surface area contributed by atoms with Crippen LogP contribution in [0.15, 0.2) is 24.3 Å². The highest BCUT2D eigenvalue weighted by atomic mass is 19.1. The Bertz CT molecular complexity index is 502. The van der Waals surface area contributed by atoms with Gasteiger partial charge in [-0.05, 0) is 13.0 Å². The lowest BCUT2D eigenvalue weighted by atomic mass is 10.3. The lowest BCUT2D eigenvalue weighted by Gasteiger charge is -2.06. The van der Waals surface area contributed by atoms with Crippen LogP contribution in [0.1, 0.15) is 5.69 Å². The molecule has 5 heteroatoms. The van der Waals surface area contributed by atoms with Gasteiger partial charge in [0.25, 0.3) is 0 Å². The molecule has 0 radical (unpaired) electrons. The van der Waals surface area contributed by atoms with Gasteiger partial charge in [0.2, 0.25) is 5.88 Å². The fraction of sp³-hybridized carbons (Fsp3) is 0.182. The van der Waals surface area contributed by atoms with E-state index in [0.29, 0.717) is 17.3 Å². The Morgan fingerprint density at radius 3 is 2.62 bits per heavy atom. The second kappa shape index (κ2) is 3.84. The number of ether oxygens (including phenoxy) is 1. The van der Waals surface area contributed by atoms with Gasteiger partial charge in [0.1, 0.15) is 11.6 Å². The number of hydrogen-bond acceptors (Lipinski definition) is 3. The molecule has 2 N–H and O–H groups in total. The van der Waals surface area contributed by atoms with Gasteiger partial charge >= 0.3 is 0 Å². The van der Waals surface area contributed by atoms with E-state index in [9.17, 15) is 4.39 Å². The second-order valence-corrected chi connectivity index (χ2v) is 3.57. The Labute approximate surface area is 92.4 Å². The molecule has 0 aliphatic carbocycles. The summed E-state index contributed by atoms with van der Waals surface area (Å²) >= 11 is 0. The molecule has 0 saturated carbocycles. The predicted octanol–water partition coefficient (Wildman–Crippen LogP) is 2.24. The number of anilines is 1. The zero-order chi connectivity index (χ0) is 11.7. The minimum atomic E-state index is -0.422. The zero-order valence-corrected chi connectivity index (χ0v) is 9.07. The third-order valence-electron chi connectivity index (χ3n) is 2.08. The summed E-state index contributed by atoms with van der Waals surface area (Å²) in [6.07, 6.45) is 0. The molecule has 1 heterocycles. The van der Waals surface area contributed by atoms with Crippen molar-refractivity contribution < 1.29 is 9.13 Å². The van der Waals surface area contributed by atoms with Crippen molar-refractivity contribution in [3.05, 3.63) is 35.8 Å². The summed E-state index contributed by atoms with van der Waals surface area (Å²) in [5.41, 5.74) is 6.68. The van der Waals surface area contributed by atoms with Crippen LogP contribution in [0.4, 0.5) is 10.1 Å². The van der Waals surface area contributed by atoms with Crippen LogP contribution in [0.5, 0.6) is 11.6 Å². The molecule has 0 atom stereocenters. The van der Waals surface area contributed by atoms with Gasteiger partial charge < -0.3 is 10.5 Å². The van der Waals surface area contributed by atoms with E-state index in [0.717, 1.165) is 5.69 Å². The van der Waals surface area contributed by atoms with E-state index in [1.54, 1.807) is 23.9 Å². The molecule has 2 aromatic rings. The molecule has 0 spiro atoms. The first-order valence-electron chi connectivity index (χ1n) is 4.79. The summed E-state index contributed by atoms with van der Waals surface area (Å²) in [6, 6.07) is 5.84. The predicted molar refractivity (Wildman–Crippen MR) is 58.8 cm³/mol. The van der Waals surface area contributed by atoms with Crippen LogP contribution < -0.4 is 10.5 Å². The smallest absolute Gasteiger partial charge is 0.217 e. The second-order valence-electron chi connectivity index (χ2n) is 3.57. The van der Waals surface area contributed by atoms with Gasteiger partial charge in [-0.1, -0.05) is 0 Å². The molecule has 0 saturated heterocycles. The van der Waals surface area contributed by atoms with Crippen LogP contribution in [0, 0.1) is 12.7 Å². The van der Waals surface area contributed by atoms with Crippen molar-refractivity contribution in [1.29, 1.82) is 0 Å². The minimum Gasteiger partial charge on any atom is -0.439 e. The van der Waals surface area contributed by atoms with Gasteiger partial charge in [-0.2, -0.15) is 5.10 Å². The van der Waals surface area contributed by atoms with E-state index < -0.39 is 5.82 Å². The first kappa shape index (κ1) is 10.5. The Hall–Kier alpha value is -2.04. The molecule has 16 heavy (non-hydrogen) atoms. The number of benzene rings is 1. The van der Waals surface area contributed by atoms with Gasteiger partial charge in [-0.15, -0.1) is 0 Å². The highest BCUT2D eigenvalue weighted by Crippen LogP contribution is 2.24. The van der Waals surface area contributed by atoms with Gasteiger partial charge in [0, 0.05) is 30.9 Å². The van der Waals surface area contributed by atoms with E-state index in [-0.39, 0.29) is 0 Å². The van der Waals surface area contributed by atoms with Crippen LogP contribution in [-0.2, 0) is 7.05 Å². The molecule has 84 valence electrons. The van der Waals surface area contributed by atoms with Crippen molar-refractivity contribution in [2.45, 2.75) is 6.92 Å². The Morgan fingerprint density at radius 1 is 1.31 bits per heavy atom. The number of aryl methyl sites for hydroxylation is 2. The Balaban J connectivity index is 2.30. The molecule has 0 amide bonds. The molecule has 0 bridgehead atoms. The third kappa shape index (κ3) is 2.13. The maximum absolute atomic E-state index is 13.1. The minimum absolute atomic E-state index is 0.328. The lowest BCUT2D eigenvalue weighted by Crippen LogP contribution is -1.96. The van der Waals surface area contributed by atoms with Crippen LogP contribution in [0.2, 0.25) is 0 Å². The monoisotopic (exact) mass is 221 g/mol. The van der Waals surface area contributed by atoms with Crippen LogP contribution in [0.3, 0.4) is 0 Å². The van der Waals surface area contributed by atoms with Crippen LogP contribution >= 0.6 is 0 Å². The number of nitrogen functional groups attached to an aromatic ring is 1. The Morgan fingerprint density at radius 2 is 2.06 bits per heavy atom. The van der Waals surface area contributed by atoms with E-state index >= 15 is 0 Å². The molecule has 1 aromatic carbocycles. The number of rotatable bonds is 2. The first-order chi connectivity index (χ1) is 7.54. The van der Waals surface area contributed by atoms with E-state index in [2.05, 4.69) is 5.10 Å². The standard InChI is InChI=1S/C11H12FN3O/c1-7-3-11(15(2)14-7)16-10-5-8(12)4-9(13)6-10/h3-6H,13H2,1-2H3. The van der Waals surface area contributed by atoms with Crippen LogP contribution in [-0.4, -0.2) is 9.78 Å². The molecular formula is C11H12FN3O. The van der Waals surface area contributed by atoms with Gasteiger partial charge in [0.15, 0.2) is 0 Å². The van der Waals surface area contributed by atoms with E-state index in [1.807, 2.05) is 6.92 Å². The number of aromatic nitrogens is 2. The summed E-state index contributed by atoms with van der Waals surface area (Å²) in [6.45, 7) is 1.85. The van der Waals surface area contributed by atoms with Gasteiger partial charge in [-0.3, -0.25) is 0 Å². The largest absolute Gasteiger partial charge is 0.439 e. The molecule has 2 rings (SSSR count). The quantitative estimate of drug-likeness (QED) is 0.791.